The van der Waals surface area contributed by atoms with Gasteiger partial charge in [-0.3, -0.25) is 0 Å². The van der Waals surface area contributed by atoms with Crippen molar-refractivity contribution in [1.29, 1.82) is 0 Å². The van der Waals surface area contributed by atoms with Crippen LogP contribution in [0.15, 0.2) is 53.9 Å². The quantitative estimate of drug-likeness (QED) is 0.0955. The summed E-state index contributed by atoms with van der Waals surface area (Å²) >= 11 is 0. The van der Waals surface area contributed by atoms with Gasteiger partial charge in [0.2, 0.25) is 5.04 Å². The van der Waals surface area contributed by atoms with E-state index in [-0.39, 0.29) is 34.9 Å². The fourth-order valence-electron chi connectivity index (χ4n) is 2.93. The number of nitrogens with zero attached hydrogens (tertiary/aromatic N) is 1. The zero-order chi connectivity index (χ0) is 27.3. The molecule has 0 radical (unpaired) electrons. The van der Waals surface area contributed by atoms with Crippen molar-refractivity contribution in [3.8, 4) is 0 Å². The highest BCUT2D eigenvalue weighted by atomic mass is 32.2. The van der Waals surface area contributed by atoms with Crippen LogP contribution in [-0.4, -0.2) is 39.9 Å². The maximum absolute atomic E-state index is 13.2. The SMILES string of the molecule is CO/C=C(/C(=O)OC)c1ccccc1CO/N=C(/c1cc(C(F)(F)F)cc(C(F)(F)F)c1)S(C)(=O)=O. The molecule has 14 heteroatoms. The van der Waals surface area contributed by atoms with E-state index in [1.54, 1.807) is 6.07 Å². The maximum atomic E-state index is 13.2. The summed E-state index contributed by atoms with van der Waals surface area (Å²) in [5.74, 6) is -0.784. The molecule has 7 nitrogen and oxygen atoms in total. The summed E-state index contributed by atoms with van der Waals surface area (Å²) in [6.45, 7) is -0.516. The van der Waals surface area contributed by atoms with Crippen LogP contribution in [0.1, 0.15) is 27.8 Å². The van der Waals surface area contributed by atoms with E-state index in [1.165, 1.54) is 25.3 Å². The van der Waals surface area contributed by atoms with Gasteiger partial charge in [-0.05, 0) is 23.8 Å². The lowest BCUT2D eigenvalue weighted by atomic mass is 10.0. The first-order valence-electron chi connectivity index (χ1n) is 9.69. The van der Waals surface area contributed by atoms with Gasteiger partial charge >= 0.3 is 18.3 Å². The molecule has 0 heterocycles. The van der Waals surface area contributed by atoms with Gasteiger partial charge in [0.15, 0.2) is 9.84 Å². The molecule has 0 spiro atoms. The molecule has 2 aromatic rings. The predicted octanol–water partition coefficient (Wildman–Crippen LogP) is 4.81. The van der Waals surface area contributed by atoms with Crippen molar-refractivity contribution in [3.63, 3.8) is 0 Å². The zero-order valence-electron chi connectivity index (χ0n) is 18.9. The molecule has 0 N–H and O–H groups in total. The molecule has 0 aliphatic heterocycles. The molecule has 0 saturated heterocycles. The van der Waals surface area contributed by atoms with Gasteiger partial charge in [-0.15, -0.1) is 0 Å². The van der Waals surface area contributed by atoms with Crippen LogP contribution in [0.2, 0.25) is 0 Å². The van der Waals surface area contributed by atoms with Crippen LogP contribution in [0.3, 0.4) is 0 Å². The predicted molar refractivity (Wildman–Crippen MR) is 116 cm³/mol. The van der Waals surface area contributed by atoms with Crippen molar-refractivity contribution in [2.24, 2.45) is 5.16 Å². The molecule has 0 fully saturated rings. The number of carbonyl (C=O) groups is 1. The van der Waals surface area contributed by atoms with Gasteiger partial charge in [0, 0.05) is 17.4 Å². The molecule has 36 heavy (non-hydrogen) atoms. The lowest BCUT2D eigenvalue weighted by Gasteiger charge is -2.15. The van der Waals surface area contributed by atoms with E-state index in [2.05, 4.69) is 9.89 Å². The largest absolute Gasteiger partial charge is 0.503 e. The number of sulfone groups is 1. The number of benzene rings is 2. The molecule has 0 atom stereocenters. The molecular formula is C22H19F6NO6S. The van der Waals surface area contributed by atoms with Crippen LogP contribution in [0, 0.1) is 0 Å². The number of oxime groups is 1. The van der Waals surface area contributed by atoms with E-state index < -0.39 is 56.5 Å². The number of hydrogen-bond donors (Lipinski definition) is 0. The number of alkyl halides is 6. The van der Waals surface area contributed by atoms with E-state index in [1.807, 2.05) is 0 Å². The lowest BCUT2D eigenvalue weighted by Crippen LogP contribution is -2.19. The fraction of sp³-hybridized carbons (Fsp3) is 0.273. The Labute approximate surface area is 201 Å². The first-order valence-corrected chi connectivity index (χ1v) is 11.6. The van der Waals surface area contributed by atoms with Crippen molar-refractivity contribution in [3.05, 3.63) is 76.5 Å². The molecule has 0 bridgehead atoms. The summed E-state index contributed by atoms with van der Waals surface area (Å²) in [6.07, 6.45) is -8.77. The average molecular weight is 539 g/mol. The summed E-state index contributed by atoms with van der Waals surface area (Å²) < 4.78 is 113. The number of esters is 1. The summed E-state index contributed by atoms with van der Waals surface area (Å²) in [5, 5.41) is 2.19. The van der Waals surface area contributed by atoms with E-state index in [9.17, 15) is 39.6 Å². The Morgan fingerprint density at radius 2 is 1.53 bits per heavy atom. The molecule has 0 unspecified atom stereocenters. The van der Waals surface area contributed by atoms with Crippen LogP contribution in [-0.2, 0) is 47.9 Å². The molecule has 196 valence electrons. The number of halogens is 6. The minimum atomic E-state index is -5.20. The first kappa shape index (κ1) is 28.7. The van der Waals surface area contributed by atoms with E-state index in [0.29, 0.717) is 6.26 Å². The Bertz CT molecular complexity index is 1250. The Morgan fingerprint density at radius 3 is 2.00 bits per heavy atom. The standard InChI is InChI=1S/C22H19F6NO6S/c1-33-12-18(20(30)34-2)17-7-5-4-6-13(17)11-35-29-19(36(3,31)32)14-8-15(21(23,24)25)10-16(9-14)22(26,27)28/h4-10,12H,11H2,1-3H3/b18-12+,29-19-. The Morgan fingerprint density at radius 1 is 0.972 bits per heavy atom. The van der Waals surface area contributed by atoms with E-state index >= 15 is 0 Å². The molecule has 2 aromatic carbocycles. The second kappa shape index (κ2) is 11.0. The molecule has 0 aromatic heterocycles. The minimum Gasteiger partial charge on any atom is -0.503 e. The molecule has 0 saturated carbocycles. The highest BCUT2D eigenvalue weighted by Gasteiger charge is 2.38. The third kappa shape index (κ3) is 7.23. The number of hydrogen-bond acceptors (Lipinski definition) is 7. The van der Waals surface area contributed by atoms with Gasteiger partial charge in [0.25, 0.3) is 0 Å². The van der Waals surface area contributed by atoms with Gasteiger partial charge in [-0.25, -0.2) is 13.2 Å². The summed E-state index contributed by atoms with van der Waals surface area (Å²) in [4.78, 5) is 17.1. The highest BCUT2D eigenvalue weighted by molar-refractivity contribution is 8.06. The fourth-order valence-corrected chi connectivity index (χ4v) is 3.67. The number of methoxy groups -OCH3 is 2. The van der Waals surface area contributed by atoms with E-state index in [0.717, 1.165) is 13.4 Å². The van der Waals surface area contributed by atoms with Crippen molar-refractivity contribution < 1.29 is 53.9 Å². The van der Waals surface area contributed by atoms with E-state index in [4.69, 9.17) is 9.57 Å². The Kier molecular flexibility index (Phi) is 8.78. The summed E-state index contributed by atoms with van der Waals surface area (Å²) in [6, 6.07) is 6.34. The van der Waals surface area contributed by atoms with Crippen LogP contribution >= 0.6 is 0 Å². The monoisotopic (exact) mass is 539 g/mol. The zero-order valence-corrected chi connectivity index (χ0v) is 19.7. The number of carbonyl (C=O) groups excluding carboxylic acids is 1. The van der Waals surface area contributed by atoms with Crippen LogP contribution in [0.25, 0.3) is 5.57 Å². The van der Waals surface area contributed by atoms with Gasteiger partial charge in [-0.1, -0.05) is 29.4 Å². The lowest BCUT2D eigenvalue weighted by molar-refractivity contribution is -0.143. The smallest absolute Gasteiger partial charge is 0.416 e. The number of ether oxygens (including phenoxy) is 2. The Balaban J connectivity index is 2.55. The maximum Gasteiger partial charge on any atom is 0.416 e. The van der Waals surface area contributed by atoms with Crippen molar-refractivity contribution in [2.45, 2.75) is 19.0 Å². The van der Waals surface area contributed by atoms with Crippen molar-refractivity contribution >= 4 is 26.4 Å². The molecule has 0 amide bonds. The molecule has 0 aliphatic rings. The van der Waals surface area contributed by atoms with Crippen LogP contribution in [0.4, 0.5) is 26.3 Å². The topological polar surface area (TPSA) is 91.3 Å². The minimum absolute atomic E-state index is 0.0424. The van der Waals surface area contributed by atoms with Gasteiger partial charge in [0.05, 0.1) is 31.6 Å². The second-order valence-corrected chi connectivity index (χ2v) is 9.08. The summed E-state index contributed by atoms with van der Waals surface area (Å²) in [5.41, 5.74) is -3.96. The van der Waals surface area contributed by atoms with Crippen LogP contribution < -0.4 is 0 Å². The van der Waals surface area contributed by atoms with Crippen molar-refractivity contribution in [1.82, 2.24) is 0 Å². The summed E-state index contributed by atoms with van der Waals surface area (Å²) in [7, 11) is -2.07. The average Bonchev–Trinajstić information content (AvgIpc) is 2.78. The molecule has 2 rings (SSSR count). The van der Waals surface area contributed by atoms with Gasteiger partial charge < -0.3 is 14.3 Å². The van der Waals surface area contributed by atoms with Gasteiger partial charge in [-0.2, -0.15) is 26.3 Å². The Hall–Kier alpha value is -3.55. The van der Waals surface area contributed by atoms with Crippen LogP contribution in [0.5, 0.6) is 0 Å². The molecule has 0 aliphatic carbocycles. The molecular weight excluding hydrogens is 520 g/mol. The van der Waals surface area contributed by atoms with Gasteiger partial charge in [0.1, 0.15) is 12.2 Å². The third-order valence-electron chi connectivity index (χ3n) is 4.50. The van der Waals surface area contributed by atoms with Crippen molar-refractivity contribution in [2.75, 3.05) is 20.5 Å². The second-order valence-electron chi connectivity index (χ2n) is 7.15. The third-order valence-corrected chi connectivity index (χ3v) is 5.51. The highest BCUT2D eigenvalue weighted by Crippen LogP contribution is 2.36. The number of rotatable bonds is 7. The first-order chi connectivity index (χ1) is 16.6. The normalized spacial score (nSPS) is 13.4.